The van der Waals surface area contributed by atoms with Gasteiger partial charge in [-0.25, -0.2) is 0 Å². The van der Waals surface area contributed by atoms with Crippen molar-refractivity contribution in [2.45, 2.75) is 46.1 Å². The highest BCUT2D eigenvalue weighted by Crippen LogP contribution is 2.20. The lowest BCUT2D eigenvalue weighted by atomic mass is 10.0. The number of carbonyl (C=O) groups is 1. The smallest absolute Gasteiger partial charge is 0.252 e. The SMILES string of the molecule is CCc1ccc2c(c1)sc(=NC(=O)Cc1ccc(C(C)C)cc1)n2CCSC. The van der Waals surface area contributed by atoms with Gasteiger partial charge in [-0.1, -0.05) is 62.4 Å². The molecule has 0 atom stereocenters. The molecular weight excluding hydrogens is 384 g/mol. The standard InChI is InChI=1S/C23H28N2OS2/c1-5-17-8-11-20-21(14-17)28-23(25(20)12-13-27-4)24-22(26)15-18-6-9-19(10-7-18)16(2)3/h6-11,14,16H,5,12-13,15H2,1-4H3. The van der Waals surface area contributed by atoms with Crippen LogP contribution in [-0.4, -0.2) is 22.5 Å². The molecule has 0 aliphatic rings. The van der Waals surface area contributed by atoms with Crippen molar-refractivity contribution in [2.24, 2.45) is 4.99 Å². The molecule has 3 aromatic rings. The maximum absolute atomic E-state index is 12.6. The Bertz CT molecular complexity index is 1010. The fourth-order valence-corrected chi connectivity index (χ4v) is 4.66. The molecular formula is C23H28N2OS2. The van der Waals surface area contributed by atoms with E-state index < -0.39 is 0 Å². The summed E-state index contributed by atoms with van der Waals surface area (Å²) in [7, 11) is 0. The van der Waals surface area contributed by atoms with E-state index in [4.69, 9.17) is 0 Å². The molecule has 0 radical (unpaired) electrons. The molecule has 28 heavy (non-hydrogen) atoms. The summed E-state index contributed by atoms with van der Waals surface area (Å²) in [5.41, 5.74) is 4.79. The van der Waals surface area contributed by atoms with Crippen molar-refractivity contribution in [1.82, 2.24) is 4.57 Å². The highest BCUT2D eigenvalue weighted by molar-refractivity contribution is 7.98. The number of carbonyl (C=O) groups excluding carboxylic acids is 1. The summed E-state index contributed by atoms with van der Waals surface area (Å²) >= 11 is 3.42. The zero-order valence-electron chi connectivity index (χ0n) is 17.1. The van der Waals surface area contributed by atoms with Crippen molar-refractivity contribution in [3.05, 3.63) is 64.0 Å². The third kappa shape index (κ3) is 4.95. The van der Waals surface area contributed by atoms with Crippen molar-refractivity contribution in [1.29, 1.82) is 0 Å². The molecule has 1 amide bonds. The number of rotatable bonds is 7. The van der Waals surface area contributed by atoms with Gasteiger partial charge in [-0.15, -0.1) is 0 Å². The summed E-state index contributed by atoms with van der Waals surface area (Å²) in [6.07, 6.45) is 3.46. The van der Waals surface area contributed by atoms with Gasteiger partial charge in [0.15, 0.2) is 4.80 Å². The Morgan fingerprint density at radius 1 is 1.14 bits per heavy atom. The fraction of sp³-hybridized carbons (Fsp3) is 0.391. The second-order valence-electron chi connectivity index (χ2n) is 7.26. The molecule has 0 saturated carbocycles. The number of aryl methyl sites for hydroxylation is 2. The summed E-state index contributed by atoms with van der Waals surface area (Å²) < 4.78 is 3.39. The monoisotopic (exact) mass is 412 g/mol. The van der Waals surface area contributed by atoms with E-state index in [-0.39, 0.29) is 5.91 Å². The van der Waals surface area contributed by atoms with Crippen LogP contribution in [-0.2, 0) is 24.2 Å². The summed E-state index contributed by atoms with van der Waals surface area (Å²) in [4.78, 5) is 17.9. The molecule has 3 nitrogen and oxygen atoms in total. The summed E-state index contributed by atoms with van der Waals surface area (Å²) in [6, 6.07) is 14.9. The number of thioether (sulfide) groups is 1. The van der Waals surface area contributed by atoms with Crippen LogP contribution >= 0.6 is 23.1 Å². The normalized spacial score (nSPS) is 12.2. The highest BCUT2D eigenvalue weighted by atomic mass is 32.2. The van der Waals surface area contributed by atoms with E-state index >= 15 is 0 Å². The summed E-state index contributed by atoms with van der Waals surface area (Å²) in [5, 5.41) is 0. The molecule has 0 aliphatic carbocycles. The minimum absolute atomic E-state index is 0.0857. The second-order valence-corrected chi connectivity index (χ2v) is 9.26. The Labute approximate surface area is 175 Å². The van der Waals surface area contributed by atoms with E-state index in [2.05, 4.69) is 66.9 Å². The third-order valence-corrected chi connectivity index (χ3v) is 6.53. The minimum Gasteiger partial charge on any atom is -0.316 e. The van der Waals surface area contributed by atoms with Gasteiger partial charge in [0.2, 0.25) is 0 Å². The first-order chi connectivity index (χ1) is 13.5. The third-order valence-electron chi connectivity index (χ3n) is 4.90. The first-order valence-corrected chi connectivity index (χ1v) is 12.0. The Morgan fingerprint density at radius 2 is 1.86 bits per heavy atom. The number of nitrogens with zero attached hydrogens (tertiary/aromatic N) is 2. The molecule has 148 valence electrons. The molecule has 0 saturated heterocycles. The molecule has 3 rings (SSSR count). The lowest BCUT2D eigenvalue weighted by Gasteiger charge is -2.06. The van der Waals surface area contributed by atoms with Gasteiger partial charge < -0.3 is 4.57 Å². The molecule has 2 aromatic carbocycles. The van der Waals surface area contributed by atoms with Crippen LogP contribution in [0.25, 0.3) is 10.2 Å². The number of hydrogen-bond donors (Lipinski definition) is 0. The number of hydrogen-bond acceptors (Lipinski definition) is 3. The number of benzene rings is 2. The molecule has 0 spiro atoms. The van der Waals surface area contributed by atoms with Gasteiger partial charge in [0, 0.05) is 12.3 Å². The quantitative estimate of drug-likeness (QED) is 0.519. The van der Waals surface area contributed by atoms with Crippen LogP contribution in [0.4, 0.5) is 0 Å². The molecule has 0 aliphatic heterocycles. The van der Waals surface area contributed by atoms with Gasteiger partial charge in [0.25, 0.3) is 5.91 Å². The zero-order valence-corrected chi connectivity index (χ0v) is 18.7. The number of amides is 1. The van der Waals surface area contributed by atoms with Gasteiger partial charge in [0.05, 0.1) is 16.6 Å². The van der Waals surface area contributed by atoms with Gasteiger partial charge >= 0.3 is 0 Å². The Morgan fingerprint density at radius 3 is 2.50 bits per heavy atom. The topological polar surface area (TPSA) is 34.4 Å². The minimum atomic E-state index is -0.0857. The van der Waals surface area contributed by atoms with Crippen molar-refractivity contribution >= 4 is 39.2 Å². The van der Waals surface area contributed by atoms with E-state index in [1.807, 2.05) is 23.9 Å². The van der Waals surface area contributed by atoms with Crippen LogP contribution in [0.15, 0.2) is 47.5 Å². The van der Waals surface area contributed by atoms with Crippen molar-refractivity contribution in [2.75, 3.05) is 12.0 Å². The molecule has 5 heteroatoms. The average Bonchev–Trinajstić information content (AvgIpc) is 3.02. The number of aromatic nitrogens is 1. The van der Waals surface area contributed by atoms with E-state index in [0.29, 0.717) is 12.3 Å². The predicted octanol–water partition coefficient (Wildman–Crippen LogP) is 5.42. The van der Waals surface area contributed by atoms with Gasteiger partial charge in [-0.05, 0) is 47.4 Å². The molecule has 0 fully saturated rings. The Kier molecular flexibility index (Phi) is 7.13. The zero-order chi connectivity index (χ0) is 20.1. The summed E-state index contributed by atoms with van der Waals surface area (Å²) in [5.74, 6) is 1.41. The fourth-order valence-electron chi connectivity index (χ4n) is 3.16. The van der Waals surface area contributed by atoms with E-state index in [1.165, 1.54) is 21.3 Å². The average molecular weight is 413 g/mol. The first kappa shape index (κ1) is 20.9. The lowest BCUT2D eigenvalue weighted by molar-refractivity contribution is -0.117. The van der Waals surface area contributed by atoms with Crippen molar-refractivity contribution < 1.29 is 4.79 Å². The van der Waals surface area contributed by atoms with Gasteiger partial charge in [-0.2, -0.15) is 16.8 Å². The first-order valence-electron chi connectivity index (χ1n) is 9.79. The van der Waals surface area contributed by atoms with Crippen LogP contribution in [0.5, 0.6) is 0 Å². The number of thiazole rings is 1. The van der Waals surface area contributed by atoms with E-state index in [0.717, 1.165) is 29.1 Å². The molecule has 0 unspecified atom stereocenters. The van der Waals surface area contributed by atoms with Gasteiger partial charge in [-0.3, -0.25) is 4.79 Å². The van der Waals surface area contributed by atoms with Crippen LogP contribution in [0.1, 0.15) is 43.4 Å². The second kappa shape index (κ2) is 9.57. The van der Waals surface area contributed by atoms with Crippen molar-refractivity contribution in [3.63, 3.8) is 0 Å². The van der Waals surface area contributed by atoms with Gasteiger partial charge in [0.1, 0.15) is 0 Å². The lowest BCUT2D eigenvalue weighted by Crippen LogP contribution is -2.18. The maximum atomic E-state index is 12.6. The largest absolute Gasteiger partial charge is 0.316 e. The van der Waals surface area contributed by atoms with Crippen LogP contribution < -0.4 is 4.80 Å². The number of fused-ring (bicyclic) bond motifs is 1. The van der Waals surface area contributed by atoms with Crippen LogP contribution in [0, 0.1) is 0 Å². The Hall–Kier alpha value is -1.85. The molecule has 1 aromatic heterocycles. The van der Waals surface area contributed by atoms with E-state index in [9.17, 15) is 4.79 Å². The van der Waals surface area contributed by atoms with E-state index in [1.54, 1.807) is 11.3 Å². The predicted molar refractivity (Wildman–Crippen MR) is 122 cm³/mol. The van der Waals surface area contributed by atoms with Crippen LogP contribution in [0.3, 0.4) is 0 Å². The molecule has 1 heterocycles. The maximum Gasteiger partial charge on any atom is 0.252 e. The molecule has 0 N–H and O–H groups in total. The van der Waals surface area contributed by atoms with Crippen molar-refractivity contribution in [3.8, 4) is 0 Å². The summed E-state index contributed by atoms with van der Waals surface area (Å²) in [6.45, 7) is 7.38. The van der Waals surface area contributed by atoms with Crippen LogP contribution in [0.2, 0.25) is 0 Å². The Balaban J connectivity index is 1.91. The molecule has 0 bridgehead atoms. The highest BCUT2D eigenvalue weighted by Gasteiger charge is 2.09.